The van der Waals surface area contributed by atoms with Crippen LogP contribution in [0.15, 0.2) is 48.5 Å². The predicted molar refractivity (Wildman–Crippen MR) is 140 cm³/mol. The Labute approximate surface area is 227 Å². The maximum Gasteiger partial charge on any atom is 0.335 e. The van der Waals surface area contributed by atoms with Gasteiger partial charge in [0.05, 0.1) is 35.5 Å². The summed E-state index contributed by atoms with van der Waals surface area (Å²) in [6, 6.07) is 10.1. The van der Waals surface area contributed by atoms with Gasteiger partial charge in [-0.25, -0.2) is 19.2 Å². The molecule has 0 aliphatic heterocycles. The minimum absolute atomic E-state index is 0.0484. The fraction of sp³-hybridized carbons (Fsp3) is 0.214. The Morgan fingerprint density at radius 1 is 0.500 bits per heavy atom. The van der Waals surface area contributed by atoms with Gasteiger partial charge in [0.1, 0.15) is 24.7 Å². The summed E-state index contributed by atoms with van der Waals surface area (Å²) in [5.74, 6) is -5.06. The van der Waals surface area contributed by atoms with E-state index in [1.54, 1.807) is 0 Å². The molecule has 0 saturated heterocycles. The molecule has 3 rings (SSSR count). The van der Waals surface area contributed by atoms with E-state index >= 15 is 0 Å². The van der Waals surface area contributed by atoms with Crippen LogP contribution in [0.5, 0.6) is 11.5 Å². The second-order valence-corrected chi connectivity index (χ2v) is 8.35. The summed E-state index contributed by atoms with van der Waals surface area (Å²) >= 11 is 0. The van der Waals surface area contributed by atoms with Crippen LogP contribution < -0.4 is 9.47 Å². The molecule has 0 aromatic heterocycles. The van der Waals surface area contributed by atoms with Crippen LogP contribution in [0.1, 0.15) is 41.4 Å². The van der Waals surface area contributed by atoms with Crippen molar-refractivity contribution in [2.24, 2.45) is 0 Å². The maximum atomic E-state index is 11.7. The zero-order chi connectivity index (χ0) is 29.4. The van der Waals surface area contributed by atoms with Crippen molar-refractivity contribution in [1.82, 2.24) is 0 Å². The van der Waals surface area contributed by atoms with Gasteiger partial charge in [0, 0.05) is 25.3 Å². The van der Waals surface area contributed by atoms with Crippen molar-refractivity contribution >= 4 is 23.9 Å². The number of ether oxygens (including phenoxy) is 4. The van der Waals surface area contributed by atoms with Crippen LogP contribution in [0, 0.1) is 0 Å². The molecule has 12 heteroatoms. The second-order valence-electron chi connectivity index (χ2n) is 8.35. The molecule has 0 spiro atoms. The first-order chi connectivity index (χ1) is 19.0. The molecule has 0 unspecified atom stereocenters. The number of carboxylic acids is 4. The van der Waals surface area contributed by atoms with Gasteiger partial charge in [-0.3, -0.25) is 0 Å². The number of rotatable bonds is 14. The van der Waals surface area contributed by atoms with Crippen molar-refractivity contribution in [1.29, 1.82) is 0 Å². The minimum atomic E-state index is -1.34. The van der Waals surface area contributed by atoms with Gasteiger partial charge in [-0.1, -0.05) is 0 Å². The lowest BCUT2D eigenvalue weighted by molar-refractivity contribution is 0.0676. The first-order valence-corrected chi connectivity index (χ1v) is 11.7. The van der Waals surface area contributed by atoms with Crippen LogP contribution in [0.2, 0.25) is 0 Å². The van der Waals surface area contributed by atoms with E-state index in [9.17, 15) is 39.6 Å². The highest BCUT2D eigenvalue weighted by molar-refractivity contribution is 5.98. The molecule has 0 heterocycles. The fourth-order valence-electron chi connectivity index (χ4n) is 3.78. The number of carbonyl (C=O) groups is 4. The predicted octanol–water partition coefficient (Wildman–Crippen LogP) is 3.86. The third kappa shape index (κ3) is 7.12. The zero-order valence-electron chi connectivity index (χ0n) is 21.5. The third-order valence-electron chi connectivity index (χ3n) is 5.65. The molecule has 0 bridgehead atoms. The Hall–Kier alpha value is -4.94. The zero-order valence-corrected chi connectivity index (χ0v) is 21.5. The van der Waals surface area contributed by atoms with Gasteiger partial charge in [0.2, 0.25) is 0 Å². The van der Waals surface area contributed by atoms with Crippen molar-refractivity contribution < 1.29 is 58.6 Å². The summed E-state index contributed by atoms with van der Waals surface area (Å²) < 4.78 is 21.9. The molecule has 40 heavy (non-hydrogen) atoms. The highest BCUT2D eigenvalue weighted by Crippen LogP contribution is 2.42. The van der Waals surface area contributed by atoms with Gasteiger partial charge in [-0.15, -0.1) is 0 Å². The summed E-state index contributed by atoms with van der Waals surface area (Å²) in [7, 11) is 2.92. The van der Waals surface area contributed by atoms with Crippen LogP contribution in [0.3, 0.4) is 0 Å². The highest BCUT2D eigenvalue weighted by Gasteiger charge is 2.21. The van der Waals surface area contributed by atoms with Gasteiger partial charge in [-0.2, -0.15) is 0 Å². The summed E-state index contributed by atoms with van der Waals surface area (Å²) in [6.07, 6.45) is 0. The van der Waals surface area contributed by atoms with Crippen LogP contribution in [-0.2, 0) is 9.47 Å². The number of methoxy groups -OCH3 is 2. The number of hydrogen-bond acceptors (Lipinski definition) is 8. The van der Waals surface area contributed by atoms with Gasteiger partial charge >= 0.3 is 23.9 Å². The van der Waals surface area contributed by atoms with Crippen molar-refractivity contribution in [3.8, 4) is 33.8 Å². The van der Waals surface area contributed by atoms with E-state index in [4.69, 9.17) is 18.9 Å². The molecule has 0 radical (unpaired) electrons. The number of benzene rings is 3. The molecule has 0 aliphatic carbocycles. The van der Waals surface area contributed by atoms with E-state index in [0.717, 1.165) is 12.1 Å². The van der Waals surface area contributed by atoms with Crippen molar-refractivity contribution in [3.63, 3.8) is 0 Å². The lowest BCUT2D eigenvalue weighted by Gasteiger charge is -2.19. The third-order valence-corrected chi connectivity index (χ3v) is 5.65. The summed E-state index contributed by atoms with van der Waals surface area (Å²) in [5, 5.41) is 38.2. The van der Waals surface area contributed by atoms with Crippen LogP contribution in [-0.4, -0.2) is 85.0 Å². The number of hydrogen-bond donors (Lipinski definition) is 4. The van der Waals surface area contributed by atoms with E-state index in [2.05, 4.69) is 0 Å². The summed E-state index contributed by atoms with van der Waals surface area (Å²) in [6.45, 7) is 0.446. The largest absolute Gasteiger partial charge is 0.491 e. The van der Waals surface area contributed by atoms with E-state index in [1.807, 2.05) is 0 Å². The standard InChI is InChI=1S/C28H26O12/c1-37-3-5-39-23-13-22(16-9-19(27(33)34)12-20(10-16)28(35)36)24(40-6-4-38-2)14-21(23)15-7-17(25(29)30)11-18(8-15)26(31)32/h7-14H,3-6H2,1-2H3,(H,29,30)(H,31,32)(H,33,34)(H,35,36). The molecule has 3 aromatic carbocycles. The molecule has 3 aromatic rings. The Balaban J connectivity index is 2.35. The summed E-state index contributed by atoms with van der Waals surface area (Å²) in [4.78, 5) is 46.9. The van der Waals surface area contributed by atoms with E-state index in [1.165, 1.54) is 50.6 Å². The van der Waals surface area contributed by atoms with E-state index in [-0.39, 0.29) is 82.4 Å². The number of carboxylic acid groups (broad SMARTS) is 4. The normalized spacial score (nSPS) is 10.7. The van der Waals surface area contributed by atoms with Gasteiger partial charge < -0.3 is 39.4 Å². The smallest absolute Gasteiger partial charge is 0.335 e. The first-order valence-electron chi connectivity index (χ1n) is 11.7. The average molecular weight is 555 g/mol. The molecule has 0 saturated carbocycles. The quantitative estimate of drug-likeness (QED) is 0.211. The Kier molecular flexibility index (Phi) is 9.79. The van der Waals surface area contributed by atoms with Gasteiger partial charge in [0.15, 0.2) is 0 Å². The maximum absolute atomic E-state index is 11.7. The highest BCUT2D eigenvalue weighted by atomic mass is 16.5. The summed E-state index contributed by atoms with van der Waals surface area (Å²) in [5.41, 5.74) is -0.172. The molecule has 0 atom stereocenters. The minimum Gasteiger partial charge on any atom is -0.491 e. The van der Waals surface area contributed by atoms with Crippen molar-refractivity contribution in [2.45, 2.75) is 0 Å². The van der Waals surface area contributed by atoms with Crippen LogP contribution in [0.25, 0.3) is 22.3 Å². The molecule has 0 aliphatic rings. The molecule has 12 nitrogen and oxygen atoms in total. The lowest BCUT2D eigenvalue weighted by atomic mass is 9.94. The Bertz CT molecular complexity index is 1270. The molecule has 0 fully saturated rings. The lowest BCUT2D eigenvalue weighted by Crippen LogP contribution is -2.09. The molecule has 210 valence electrons. The average Bonchev–Trinajstić information content (AvgIpc) is 2.92. The molecule has 4 N–H and O–H groups in total. The van der Waals surface area contributed by atoms with Crippen molar-refractivity contribution in [2.75, 3.05) is 40.6 Å². The number of aromatic carboxylic acids is 4. The van der Waals surface area contributed by atoms with Gasteiger partial charge in [0.25, 0.3) is 0 Å². The van der Waals surface area contributed by atoms with Gasteiger partial charge in [-0.05, 0) is 59.7 Å². The van der Waals surface area contributed by atoms with Crippen molar-refractivity contribution in [3.05, 3.63) is 70.8 Å². The monoisotopic (exact) mass is 554 g/mol. The SMILES string of the molecule is COCCOc1cc(-c2cc(C(=O)O)cc(C(=O)O)c2)c(OCCOC)cc1-c1cc(C(=O)O)cc(C(=O)O)c1. The second kappa shape index (κ2) is 13.2. The Morgan fingerprint density at radius 2 is 0.800 bits per heavy atom. The Morgan fingerprint density at radius 3 is 1.05 bits per heavy atom. The van der Waals surface area contributed by atoms with Crippen LogP contribution in [0.4, 0.5) is 0 Å². The van der Waals surface area contributed by atoms with E-state index < -0.39 is 23.9 Å². The van der Waals surface area contributed by atoms with E-state index in [0.29, 0.717) is 0 Å². The first kappa shape index (κ1) is 29.6. The molecular formula is C28H26O12. The molecule has 0 amide bonds. The molecular weight excluding hydrogens is 528 g/mol. The van der Waals surface area contributed by atoms with Crippen LogP contribution >= 0.6 is 0 Å². The topological polar surface area (TPSA) is 186 Å². The fourth-order valence-corrected chi connectivity index (χ4v) is 3.78.